The van der Waals surface area contributed by atoms with E-state index in [1.165, 1.54) is 6.20 Å². The Morgan fingerprint density at radius 2 is 2.26 bits per heavy atom. The molecule has 0 bridgehead atoms. The van der Waals surface area contributed by atoms with Crippen molar-refractivity contribution in [2.24, 2.45) is 11.7 Å². The number of aromatic amines is 1. The van der Waals surface area contributed by atoms with Crippen LogP contribution >= 0.6 is 12.6 Å². The highest BCUT2D eigenvalue weighted by atomic mass is 32.1. The molecule has 1 aromatic rings. The number of thiol groups is 1. The molecule has 1 saturated heterocycles. The average molecular weight is 347 g/mol. The van der Waals surface area contributed by atoms with Crippen LogP contribution in [0, 0.1) is 5.92 Å². The van der Waals surface area contributed by atoms with Gasteiger partial charge < -0.3 is 25.4 Å². The Morgan fingerprint density at radius 1 is 1.52 bits per heavy atom. The second-order valence-electron chi connectivity index (χ2n) is 5.34. The third-order valence-corrected chi connectivity index (χ3v) is 4.25. The van der Waals surface area contributed by atoms with Crippen LogP contribution < -0.4 is 17.0 Å². The minimum atomic E-state index is -1.12. The maximum Gasteiger partial charge on any atom is 0.330 e. The van der Waals surface area contributed by atoms with Gasteiger partial charge in [-0.05, 0) is 12.3 Å². The number of nitrogens with one attached hydrogen (secondary N) is 1. The van der Waals surface area contributed by atoms with Gasteiger partial charge in [0.15, 0.2) is 6.23 Å². The zero-order chi connectivity index (χ0) is 17.0. The molecule has 9 nitrogen and oxygen atoms in total. The highest BCUT2D eigenvalue weighted by molar-refractivity contribution is 7.80. The molecule has 0 amide bonds. The molecule has 2 heterocycles. The van der Waals surface area contributed by atoms with Crippen LogP contribution in [0.4, 0.5) is 0 Å². The van der Waals surface area contributed by atoms with E-state index in [2.05, 4.69) is 17.6 Å². The zero-order valence-electron chi connectivity index (χ0n) is 12.4. The molecule has 10 heteroatoms. The van der Waals surface area contributed by atoms with Crippen molar-refractivity contribution in [3.05, 3.63) is 33.1 Å². The van der Waals surface area contributed by atoms with Crippen LogP contribution in [0.5, 0.6) is 0 Å². The van der Waals surface area contributed by atoms with E-state index in [4.69, 9.17) is 15.2 Å². The van der Waals surface area contributed by atoms with Gasteiger partial charge in [-0.1, -0.05) is 0 Å². The van der Waals surface area contributed by atoms with Crippen molar-refractivity contribution < 1.29 is 19.7 Å². The summed E-state index contributed by atoms with van der Waals surface area (Å²) in [4.78, 5) is 25.2. The first-order chi connectivity index (χ1) is 11.0. The van der Waals surface area contributed by atoms with E-state index in [1.54, 1.807) is 0 Å². The summed E-state index contributed by atoms with van der Waals surface area (Å²) in [6, 6.07) is 1.16. The van der Waals surface area contributed by atoms with Crippen molar-refractivity contribution in [3.63, 3.8) is 0 Å². The van der Waals surface area contributed by atoms with E-state index in [9.17, 15) is 19.8 Å². The minimum Gasteiger partial charge on any atom is -0.394 e. The molecule has 1 fully saturated rings. The van der Waals surface area contributed by atoms with Crippen LogP contribution in [0.15, 0.2) is 21.9 Å². The highest BCUT2D eigenvalue weighted by Gasteiger charge is 2.45. The van der Waals surface area contributed by atoms with Crippen LogP contribution in [-0.2, 0) is 9.47 Å². The normalized spacial score (nSPS) is 28.9. The van der Waals surface area contributed by atoms with Crippen molar-refractivity contribution in [3.8, 4) is 0 Å². The number of aromatic nitrogens is 2. The van der Waals surface area contributed by atoms with Crippen LogP contribution in [0.25, 0.3) is 0 Å². The molecule has 5 N–H and O–H groups in total. The Labute approximate surface area is 137 Å². The van der Waals surface area contributed by atoms with E-state index in [0.29, 0.717) is 12.3 Å². The lowest BCUT2D eigenvalue weighted by Gasteiger charge is -2.24. The van der Waals surface area contributed by atoms with Crippen molar-refractivity contribution in [2.45, 2.75) is 24.5 Å². The number of nitrogens with two attached hydrogens (primary N) is 1. The number of hydrogen-bond acceptors (Lipinski definition) is 8. The molecule has 3 unspecified atom stereocenters. The zero-order valence-corrected chi connectivity index (χ0v) is 13.3. The fourth-order valence-electron chi connectivity index (χ4n) is 2.34. The molecule has 0 spiro atoms. The smallest absolute Gasteiger partial charge is 0.330 e. The largest absolute Gasteiger partial charge is 0.394 e. The first-order valence-electron chi connectivity index (χ1n) is 7.20. The predicted molar refractivity (Wildman–Crippen MR) is 84.5 cm³/mol. The van der Waals surface area contributed by atoms with Gasteiger partial charge in [-0.25, -0.2) is 4.79 Å². The quantitative estimate of drug-likeness (QED) is 0.349. The van der Waals surface area contributed by atoms with Crippen molar-refractivity contribution in [2.75, 3.05) is 25.5 Å². The van der Waals surface area contributed by atoms with Crippen molar-refractivity contribution in [1.29, 1.82) is 0 Å². The summed E-state index contributed by atoms with van der Waals surface area (Å²) in [5.41, 5.74) is 4.35. The number of hydrogen-bond donors (Lipinski definition) is 5. The van der Waals surface area contributed by atoms with Gasteiger partial charge in [0, 0.05) is 18.2 Å². The molecular formula is C13H21N3O6S. The topological polar surface area (TPSA) is 140 Å². The van der Waals surface area contributed by atoms with Gasteiger partial charge in [-0.3, -0.25) is 14.3 Å². The summed E-state index contributed by atoms with van der Waals surface area (Å²) < 4.78 is 12.3. The summed E-state index contributed by atoms with van der Waals surface area (Å²) in [5.74, 6) is 0.485. The molecule has 23 heavy (non-hydrogen) atoms. The molecule has 2 rings (SSSR count). The first-order valence-corrected chi connectivity index (χ1v) is 7.83. The Morgan fingerprint density at radius 3 is 2.83 bits per heavy atom. The van der Waals surface area contributed by atoms with Gasteiger partial charge >= 0.3 is 5.69 Å². The Kier molecular flexibility index (Phi) is 6.39. The standard InChI is InChI=1S/C13H21N3O6S/c14-3-7(6-23)5-21-11-10(19)8(4-17)22-12(11)16-2-1-9(18)15-13(16)20/h1-2,7-8,10-12,17,19,23H,3-6,14H2,(H,15,18,20)/t7?,8-,10?,11?,12-/m1/s1. The van der Waals surface area contributed by atoms with Crippen LogP contribution in [0.3, 0.4) is 0 Å². The molecule has 0 aliphatic carbocycles. The Balaban J connectivity index is 2.23. The second kappa shape index (κ2) is 8.08. The number of nitrogens with zero attached hydrogens (tertiary/aromatic N) is 1. The van der Waals surface area contributed by atoms with E-state index in [0.717, 1.165) is 10.6 Å². The molecule has 0 saturated carbocycles. The fraction of sp³-hybridized carbons (Fsp3) is 0.692. The number of rotatable bonds is 7. The van der Waals surface area contributed by atoms with E-state index in [1.807, 2.05) is 0 Å². The molecule has 0 aromatic carbocycles. The highest BCUT2D eigenvalue weighted by Crippen LogP contribution is 2.30. The third kappa shape index (κ3) is 4.03. The molecular weight excluding hydrogens is 326 g/mol. The number of H-pyrrole nitrogens is 1. The van der Waals surface area contributed by atoms with Crippen molar-refractivity contribution >= 4 is 12.6 Å². The maximum absolute atomic E-state index is 11.9. The van der Waals surface area contributed by atoms with Gasteiger partial charge in [0.2, 0.25) is 0 Å². The molecule has 1 aliphatic rings. The number of aliphatic hydroxyl groups is 2. The summed E-state index contributed by atoms with van der Waals surface area (Å²) >= 11 is 4.16. The summed E-state index contributed by atoms with van der Waals surface area (Å²) in [7, 11) is 0. The van der Waals surface area contributed by atoms with Gasteiger partial charge in [0.05, 0.1) is 13.2 Å². The van der Waals surface area contributed by atoms with Gasteiger partial charge in [0.1, 0.15) is 18.3 Å². The second-order valence-corrected chi connectivity index (χ2v) is 5.70. The molecule has 1 aliphatic heterocycles. The SMILES string of the molecule is NCC(CS)COC1C(O)[C@@H](CO)O[C@H]1n1ccc(=O)[nH]c1=O. The van der Waals surface area contributed by atoms with Crippen LogP contribution in [0.1, 0.15) is 6.23 Å². The van der Waals surface area contributed by atoms with E-state index in [-0.39, 0.29) is 12.5 Å². The summed E-state index contributed by atoms with van der Waals surface area (Å²) in [6.07, 6.45) is -2.61. The summed E-state index contributed by atoms with van der Waals surface area (Å²) in [5, 5.41) is 19.5. The average Bonchev–Trinajstić information content (AvgIpc) is 2.84. The van der Waals surface area contributed by atoms with E-state index >= 15 is 0 Å². The predicted octanol–water partition coefficient (Wildman–Crippen LogP) is -2.32. The molecule has 0 radical (unpaired) electrons. The first kappa shape index (κ1) is 18.2. The number of aliphatic hydroxyl groups excluding tert-OH is 2. The molecule has 130 valence electrons. The van der Waals surface area contributed by atoms with E-state index < -0.39 is 42.4 Å². The lowest BCUT2D eigenvalue weighted by atomic mass is 10.1. The lowest BCUT2D eigenvalue weighted by molar-refractivity contribution is -0.0796. The van der Waals surface area contributed by atoms with Crippen molar-refractivity contribution in [1.82, 2.24) is 9.55 Å². The fourth-order valence-corrected chi connectivity index (χ4v) is 2.60. The molecule has 1 aromatic heterocycles. The minimum absolute atomic E-state index is 0.0216. The van der Waals surface area contributed by atoms with Gasteiger partial charge in [-0.2, -0.15) is 12.6 Å². The number of ether oxygens (including phenoxy) is 2. The Hall–Kier alpha value is -1.17. The monoisotopic (exact) mass is 347 g/mol. The maximum atomic E-state index is 11.9. The van der Waals surface area contributed by atoms with Gasteiger partial charge in [-0.15, -0.1) is 0 Å². The molecule has 5 atom stereocenters. The Bertz CT molecular complexity index is 616. The lowest BCUT2D eigenvalue weighted by Crippen LogP contribution is -2.40. The van der Waals surface area contributed by atoms with Gasteiger partial charge in [0.25, 0.3) is 5.56 Å². The summed E-state index contributed by atoms with van der Waals surface area (Å²) in [6.45, 7) is 0.153. The third-order valence-electron chi connectivity index (χ3n) is 3.73. The van der Waals surface area contributed by atoms with Crippen LogP contribution in [-0.4, -0.2) is 63.6 Å². The van der Waals surface area contributed by atoms with Crippen LogP contribution in [0.2, 0.25) is 0 Å².